The number of hydrogen-bond donors (Lipinski definition) is 1. The lowest BCUT2D eigenvalue weighted by Gasteiger charge is -2.26. The van der Waals surface area contributed by atoms with E-state index >= 15 is 0 Å². The molecule has 118 valence electrons. The summed E-state index contributed by atoms with van der Waals surface area (Å²) in [5.74, 6) is -0.00335. The Bertz CT molecular complexity index is 467. The maximum Gasteiger partial charge on any atom is 0.267 e. The lowest BCUT2D eigenvalue weighted by Crippen LogP contribution is -2.38. The Morgan fingerprint density at radius 2 is 2.14 bits per heavy atom. The van der Waals surface area contributed by atoms with Crippen molar-refractivity contribution in [1.29, 1.82) is 0 Å². The second-order valence-corrected chi connectivity index (χ2v) is 6.52. The van der Waals surface area contributed by atoms with Crippen LogP contribution in [0.4, 0.5) is 0 Å². The molecule has 1 aliphatic rings. The first-order valence-electron chi connectivity index (χ1n) is 7.53. The van der Waals surface area contributed by atoms with Crippen molar-refractivity contribution in [2.24, 2.45) is 0 Å². The maximum atomic E-state index is 12.2. The third-order valence-corrected chi connectivity index (χ3v) is 4.08. The van der Waals surface area contributed by atoms with Crippen molar-refractivity contribution in [1.82, 2.24) is 14.8 Å². The van der Waals surface area contributed by atoms with Crippen molar-refractivity contribution in [3.63, 3.8) is 0 Å². The highest BCUT2D eigenvalue weighted by atomic mass is 79.9. The molecule has 1 aromatic rings. The molecule has 1 aliphatic heterocycles. The van der Waals surface area contributed by atoms with Gasteiger partial charge in [-0.1, -0.05) is 0 Å². The zero-order valence-electron chi connectivity index (χ0n) is 12.8. The standard InChI is InChI=1S/C15H24BrN3O2/c1-12(2)19-11-13(16)10-14(19)15(20)17-4-3-5-18-6-8-21-9-7-18/h10-12H,3-9H2,1-2H3,(H,17,20). The molecule has 1 saturated heterocycles. The van der Waals surface area contributed by atoms with Gasteiger partial charge in [0.2, 0.25) is 0 Å². The molecule has 0 saturated carbocycles. The van der Waals surface area contributed by atoms with Gasteiger partial charge < -0.3 is 14.6 Å². The van der Waals surface area contributed by atoms with E-state index in [0.29, 0.717) is 12.2 Å². The lowest BCUT2D eigenvalue weighted by molar-refractivity contribution is 0.0374. The lowest BCUT2D eigenvalue weighted by atomic mass is 10.3. The molecule has 2 heterocycles. The third kappa shape index (κ3) is 4.83. The van der Waals surface area contributed by atoms with Gasteiger partial charge in [-0.2, -0.15) is 0 Å². The normalized spacial score (nSPS) is 16.4. The van der Waals surface area contributed by atoms with Crippen molar-refractivity contribution in [2.75, 3.05) is 39.4 Å². The van der Waals surface area contributed by atoms with Gasteiger partial charge in [-0.25, -0.2) is 0 Å². The first kappa shape index (κ1) is 16.5. The maximum absolute atomic E-state index is 12.2. The molecule has 6 heteroatoms. The Hall–Kier alpha value is -0.850. The molecule has 0 aromatic carbocycles. The molecular weight excluding hydrogens is 334 g/mol. The predicted octanol–water partition coefficient (Wildman–Crippen LogP) is 2.28. The second-order valence-electron chi connectivity index (χ2n) is 5.61. The minimum atomic E-state index is -0.00335. The summed E-state index contributed by atoms with van der Waals surface area (Å²) in [6.07, 6.45) is 2.92. The minimum Gasteiger partial charge on any atom is -0.379 e. The van der Waals surface area contributed by atoms with Crippen LogP contribution < -0.4 is 5.32 Å². The van der Waals surface area contributed by atoms with Crippen molar-refractivity contribution in [2.45, 2.75) is 26.3 Å². The molecule has 1 amide bonds. The second kappa shape index (κ2) is 7.96. The molecule has 1 fully saturated rings. The molecule has 0 aliphatic carbocycles. The number of nitrogens with zero attached hydrogens (tertiary/aromatic N) is 2. The van der Waals surface area contributed by atoms with Gasteiger partial charge in [0.1, 0.15) is 5.69 Å². The Labute approximate surface area is 134 Å². The predicted molar refractivity (Wildman–Crippen MR) is 86.7 cm³/mol. The van der Waals surface area contributed by atoms with Gasteiger partial charge >= 0.3 is 0 Å². The van der Waals surface area contributed by atoms with Gasteiger partial charge in [0.25, 0.3) is 5.91 Å². The summed E-state index contributed by atoms with van der Waals surface area (Å²) in [5, 5.41) is 3.01. The van der Waals surface area contributed by atoms with E-state index in [4.69, 9.17) is 4.74 Å². The van der Waals surface area contributed by atoms with Crippen LogP contribution in [0.5, 0.6) is 0 Å². The highest BCUT2D eigenvalue weighted by Crippen LogP contribution is 2.19. The van der Waals surface area contributed by atoms with E-state index in [1.165, 1.54) is 0 Å². The van der Waals surface area contributed by atoms with Crippen LogP contribution in [0.15, 0.2) is 16.7 Å². The fourth-order valence-electron chi connectivity index (χ4n) is 2.47. The van der Waals surface area contributed by atoms with Crippen molar-refractivity contribution in [3.05, 3.63) is 22.4 Å². The number of nitrogens with one attached hydrogen (secondary N) is 1. The van der Waals surface area contributed by atoms with Crippen LogP contribution in [0.25, 0.3) is 0 Å². The first-order valence-corrected chi connectivity index (χ1v) is 8.33. The van der Waals surface area contributed by atoms with E-state index in [1.54, 1.807) is 0 Å². The van der Waals surface area contributed by atoms with Crippen LogP contribution in [0.3, 0.4) is 0 Å². The number of hydrogen-bond acceptors (Lipinski definition) is 3. The topological polar surface area (TPSA) is 46.5 Å². The van der Waals surface area contributed by atoms with Crippen LogP contribution in [-0.4, -0.2) is 54.8 Å². The summed E-state index contributed by atoms with van der Waals surface area (Å²) >= 11 is 3.43. The Morgan fingerprint density at radius 3 is 2.81 bits per heavy atom. The Balaban J connectivity index is 1.76. The zero-order valence-corrected chi connectivity index (χ0v) is 14.4. The van der Waals surface area contributed by atoms with Crippen LogP contribution in [0.2, 0.25) is 0 Å². The van der Waals surface area contributed by atoms with E-state index < -0.39 is 0 Å². The zero-order chi connectivity index (χ0) is 15.2. The average Bonchev–Trinajstić information content (AvgIpc) is 2.87. The summed E-state index contributed by atoms with van der Waals surface area (Å²) in [5.41, 5.74) is 0.711. The fourth-order valence-corrected chi connectivity index (χ4v) is 2.91. The van der Waals surface area contributed by atoms with E-state index in [-0.39, 0.29) is 11.9 Å². The Kier molecular flexibility index (Phi) is 6.26. The van der Waals surface area contributed by atoms with Gasteiger partial charge in [0, 0.05) is 36.3 Å². The highest BCUT2D eigenvalue weighted by Gasteiger charge is 2.15. The summed E-state index contributed by atoms with van der Waals surface area (Å²) in [4.78, 5) is 14.6. The monoisotopic (exact) mass is 357 g/mol. The quantitative estimate of drug-likeness (QED) is 0.794. The van der Waals surface area contributed by atoms with Crippen LogP contribution >= 0.6 is 15.9 Å². The molecule has 0 atom stereocenters. The van der Waals surface area contributed by atoms with Crippen LogP contribution in [-0.2, 0) is 4.74 Å². The number of morpholine rings is 1. The van der Waals surface area contributed by atoms with Crippen molar-refractivity contribution >= 4 is 21.8 Å². The summed E-state index contributed by atoms with van der Waals surface area (Å²) in [6, 6.07) is 2.14. The molecule has 1 N–H and O–H groups in total. The fraction of sp³-hybridized carbons (Fsp3) is 0.667. The highest BCUT2D eigenvalue weighted by molar-refractivity contribution is 9.10. The number of rotatable bonds is 6. The van der Waals surface area contributed by atoms with Gasteiger partial charge in [-0.15, -0.1) is 0 Å². The smallest absolute Gasteiger partial charge is 0.267 e. The average molecular weight is 358 g/mol. The molecule has 0 radical (unpaired) electrons. The minimum absolute atomic E-state index is 0.00335. The first-order chi connectivity index (χ1) is 10.1. The van der Waals surface area contributed by atoms with Crippen LogP contribution in [0, 0.1) is 0 Å². The van der Waals surface area contributed by atoms with Gasteiger partial charge in [-0.05, 0) is 48.8 Å². The molecule has 5 nitrogen and oxygen atoms in total. The molecule has 1 aromatic heterocycles. The third-order valence-electron chi connectivity index (χ3n) is 3.64. The summed E-state index contributed by atoms with van der Waals surface area (Å²) < 4.78 is 8.25. The number of halogens is 1. The molecule has 2 rings (SSSR count). The van der Waals surface area contributed by atoms with Crippen LogP contribution in [0.1, 0.15) is 36.8 Å². The number of ether oxygens (including phenoxy) is 1. The molecule has 21 heavy (non-hydrogen) atoms. The van der Waals surface area contributed by atoms with Crippen molar-refractivity contribution in [3.8, 4) is 0 Å². The van der Waals surface area contributed by atoms with Gasteiger partial charge in [-0.3, -0.25) is 9.69 Å². The van der Waals surface area contributed by atoms with E-state index in [1.807, 2.05) is 16.8 Å². The van der Waals surface area contributed by atoms with E-state index in [0.717, 1.165) is 43.7 Å². The summed E-state index contributed by atoms with van der Waals surface area (Å²) in [7, 11) is 0. The van der Waals surface area contributed by atoms with E-state index in [2.05, 4.69) is 40.0 Å². The number of amides is 1. The molecule has 0 spiro atoms. The van der Waals surface area contributed by atoms with Gasteiger partial charge in [0.15, 0.2) is 0 Å². The van der Waals surface area contributed by atoms with Gasteiger partial charge in [0.05, 0.1) is 13.2 Å². The number of aromatic nitrogens is 1. The van der Waals surface area contributed by atoms with E-state index in [9.17, 15) is 4.79 Å². The number of carbonyl (C=O) groups excluding carboxylic acids is 1. The van der Waals surface area contributed by atoms with Crippen molar-refractivity contribution < 1.29 is 9.53 Å². The summed E-state index contributed by atoms with van der Waals surface area (Å²) in [6.45, 7) is 9.50. The largest absolute Gasteiger partial charge is 0.379 e. The SMILES string of the molecule is CC(C)n1cc(Br)cc1C(=O)NCCCN1CCOCC1. The Morgan fingerprint density at radius 1 is 1.43 bits per heavy atom. The number of carbonyl (C=O) groups is 1. The molecular formula is C15H24BrN3O2. The molecule has 0 unspecified atom stereocenters. The molecule has 0 bridgehead atoms.